The second kappa shape index (κ2) is 2.64. The summed E-state index contributed by atoms with van der Waals surface area (Å²) in [5, 5.41) is 0. The molecule has 0 radical (unpaired) electrons. The first-order valence-electron chi connectivity index (χ1n) is 3.01. The molecule has 0 aliphatic rings. The average Bonchev–Trinajstić information content (AvgIpc) is 1.94. The largest absolute Gasteiger partial charge is 0.433 e. The molecular weight excluding hydrogens is 191 g/mol. The van der Waals surface area contributed by atoms with Crippen molar-refractivity contribution in [1.82, 2.24) is 9.97 Å². The van der Waals surface area contributed by atoms with E-state index in [1.54, 1.807) is 4.98 Å². The minimum atomic E-state index is -4.84. The van der Waals surface area contributed by atoms with Crippen molar-refractivity contribution in [3.8, 4) is 0 Å². The van der Waals surface area contributed by atoms with E-state index >= 15 is 0 Å². The summed E-state index contributed by atoms with van der Waals surface area (Å²) in [6.45, 7) is 0. The van der Waals surface area contributed by atoms with Crippen molar-refractivity contribution in [2.24, 2.45) is 0 Å². The van der Waals surface area contributed by atoms with Gasteiger partial charge in [-0.25, -0.2) is 4.79 Å². The van der Waals surface area contributed by atoms with Gasteiger partial charge in [0.1, 0.15) is 5.69 Å². The van der Waals surface area contributed by atoms with Gasteiger partial charge in [-0.05, 0) is 0 Å². The fourth-order valence-electron chi connectivity index (χ4n) is 0.720. The van der Waals surface area contributed by atoms with Gasteiger partial charge in [0.2, 0.25) is 0 Å². The van der Waals surface area contributed by atoms with E-state index in [1.807, 2.05) is 0 Å². The zero-order valence-corrected chi connectivity index (χ0v) is 6.03. The molecule has 0 spiro atoms. The van der Waals surface area contributed by atoms with Crippen LogP contribution in [0.1, 0.15) is 5.69 Å². The Morgan fingerprint density at radius 1 is 1.15 bits per heavy atom. The van der Waals surface area contributed by atoms with E-state index in [2.05, 4.69) is 0 Å². The molecule has 0 amide bonds. The number of halogens is 3. The fourth-order valence-corrected chi connectivity index (χ4v) is 0.720. The number of rotatable bonds is 0. The van der Waals surface area contributed by atoms with Crippen molar-refractivity contribution in [2.75, 3.05) is 5.73 Å². The SMILES string of the molecule is Nc1c(C(F)(F)F)[nH]c(=O)[nH]c1=O. The summed E-state index contributed by atoms with van der Waals surface area (Å²) in [5.74, 6) is 0. The van der Waals surface area contributed by atoms with E-state index in [0.717, 1.165) is 0 Å². The van der Waals surface area contributed by atoms with Gasteiger partial charge in [-0.1, -0.05) is 0 Å². The normalized spacial score (nSPS) is 11.6. The van der Waals surface area contributed by atoms with Crippen LogP contribution in [0.15, 0.2) is 9.59 Å². The van der Waals surface area contributed by atoms with E-state index in [1.165, 1.54) is 4.98 Å². The van der Waals surface area contributed by atoms with Crippen LogP contribution in [0.5, 0.6) is 0 Å². The van der Waals surface area contributed by atoms with Gasteiger partial charge in [0.15, 0.2) is 5.69 Å². The Bertz CT molecular complexity index is 430. The first-order valence-corrected chi connectivity index (χ1v) is 3.01. The number of hydrogen-bond acceptors (Lipinski definition) is 3. The Hall–Kier alpha value is -1.73. The van der Waals surface area contributed by atoms with Crippen LogP contribution in [-0.2, 0) is 6.18 Å². The van der Waals surface area contributed by atoms with Gasteiger partial charge in [-0.2, -0.15) is 13.2 Å². The fraction of sp³-hybridized carbons (Fsp3) is 0.200. The summed E-state index contributed by atoms with van der Waals surface area (Å²) in [6.07, 6.45) is -4.84. The molecule has 0 saturated carbocycles. The Balaban J connectivity index is 3.56. The van der Waals surface area contributed by atoms with Crippen LogP contribution >= 0.6 is 0 Å². The molecule has 0 unspecified atom stereocenters. The molecule has 1 aromatic heterocycles. The Kier molecular flexibility index (Phi) is 1.90. The third-order valence-corrected chi connectivity index (χ3v) is 1.26. The first kappa shape index (κ1) is 9.36. The van der Waals surface area contributed by atoms with Crippen LogP contribution in [0, 0.1) is 0 Å². The summed E-state index contributed by atoms with van der Waals surface area (Å²) >= 11 is 0. The van der Waals surface area contributed by atoms with Crippen LogP contribution in [-0.4, -0.2) is 9.97 Å². The minimum absolute atomic E-state index is 1.05. The second-order valence-electron chi connectivity index (χ2n) is 2.19. The molecule has 13 heavy (non-hydrogen) atoms. The van der Waals surface area contributed by atoms with Gasteiger partial charge in [-0.3, -0.25) is 9.78 Å². The van der Waals surface area contributed by atoms with E-state index in [9.17, 15) is 22.8 Å². The van der Waals surface area contributed by atoms with Crippen molar-refractivity contribution in [2.45, 2.75) is 6.18 Å². The molecular formula is C5H4F3N3O2. The highest BCUT2D eigenvalue weighted by Gasteiger charge is 2.35. The molecule has 0 aliphatic heterocycles. The monoisotopic (exact) mass is 195 g/mol. The standard InChI is InChI=1S/C5H4F3N3O2/c6-5(7,8)2-1(9)3(12)11-4(13)10-2/h9H2,(H2,10,11,12,13). The molecule has 72 valence electrons. The summed E-state index contributed by atoms with van der Waals surface area (Å²) in [5.41, 5.74) is -0.269. The van der Waals surface area contributed by atoms with E-state index < -0.39 is 28.8 Å². The summed E-state index contributed by atoms with van der Waals surface area (Å²) in [7, 11) is 0. The van der Waals surface area contributed by atoms with Crippen molar-refractivity contribution in [3.05, 3.63) is 26.5 Å². The maximum Gasteiger partial charge on any atom is 0.433 e. The highest BCUT2D eigenvalue weighted by molar-refractivity contribution is 5.41. The number of H-pyrrole nitrogens is 2. The van der Waals surface area contributed by atoms with Crippen molar-refractivity contribution in [3.63, 3.8) is 0 Å². The minimum Gasteiger partial charge on any atom is -0.393 e. The van der Waals surface area contributed by atoms with Crippen molar-refractivity contribution >= 4 is 5.69 Å². The molecule has 8 heteroatoms. The number of hydrogen-bond donors (Lipinski definition) is 3. The molecule has 0 bridgehead atoms. The van der Waals surface area contributed by atoms with Crippen LogP contribution in [0.3, 0.4) is 0 Å². The van der Waals surface area contributed by atoms with E-state index in [0.29, 0.717) is 0 Å². The lowest BCUT2D eigenvalue weighted by atomic mass is 10.3. The van der Waals surface area contributed by atoms with Crippen molar-refractivity contribution in [1.29, 1.82) is 0 Å². The van der Waals surface area contributed by atoms with Gasteiger partial charge in [0, 0.05) is 0 Å². The molecule has 0 atom stereocenters. The summed E-state index contributed by atoms with van der Waals surface area (Å²) in [4.78, 5) is 24.0. The molecule has 0 fully saturated rings. The number of alkyl halides is 3. The predicted octanol–water partition coefficient (Wildman–Crippen LogP) is -0.336. The summed E-state index contributed by atoms with van der Waals surface area (Å²) < 4.78 is 36.0. The second-order valence-corrected chi connectivity index (χ2v) is 2.19. The smallest absolute Gasteiger partial charge is 0.393 e. The summed E-state index contributed by atoms with van der Waals surface area (Å²) in [6, 6.07) is 0. The van der Waals surface area contributed by atoms with E-state index in [4.69, 9.17) is 5.73 Å². The molecule has 0 aliphatic carbocycles. The molecule has 1 heterocycles. The van der Waals surface area contributed by atoms with Crippen LogP contribution in [0.2, 0.25) is 0 Å². The molecule has 5 nitrogen and oxygen atoms in total. The maximum atomic E-state index is 12.0. The maximum absolute atomic E-state index is 12.0. The van der Waals surface area contributed by atoms with Gasteiger partial charge in [0.05, 0.1) is 0 Å². The Labute approximate surface area is 68.4 Å². The lowest BCUT2D eigenvalue weighted by molar-refractivity contribution is -0.140. The average molecular weight is 195 g/mol. The number of nitrogen functional groups attached to an aromatic ring is 1. The quantitative estimate of drug-likeness (QED) is 0.529. The van der Waals surface area contributed by atoms with Gasteiger partial charge >= 0.3 is 11.9 Å². The molecule has 4 N–H and O–H groups in total. The Morgan fingerprint density at radius 3 is 2.15 bits per heavy atom. The van der Waals surface area contributed by atoms with E-state index in [-0.39, 0.29) is 0 Å². The van der Waals surface area contributed by atoms with Crippen molar-refractivity contribution < 1.29 is 13.2 Å². The zero-order chi connectivity index (χ0) is 10.2. The highest BCUT2D eigenvalue weighted by Crippen LogP contribution is 2.28. The topological polar surface area (TPSA) is 91.7 Å². The number of aromatic nitrogens is 2. The highest BCUT2D eigenvalue weighted by atomic mass is 19.4. The third kappa shape index (κ3) is 1.71. The predicted molar refractivity (Wildman–Crippen MR) is 37.1 cm³/mol. The Morgan fingerprint density at radius 2 is 1.69 bits per heavy atom. The number of nitrogens with one attached hydrogen (secondary N) is 2. The number of anilines is 1. The zero-order valence-electron chi connectivity index (χ0n) is 6.03. The van der Waals surface area contributed by atoms with Gasteiger partial charge in [0.25, 0.3) is 5.56 Å². The molecule has 0 saturated heterocycles. The number of nitrogens with two attached hydrogens (primary N) is 1. The third-order valence-electron chi connectivity index (χ3n) is 1.26. The first-order chi connectivity index (χ1) is 5.82. The van der Waals surface area contributed by atoms with Gasteiger partial charge in [-0.15, -0.1) is 0 Å². The van der Waals surface area contributed by atoms with Crippen LogP contribution in [0.4, 0.5) is 18.9 Å². The molecule has 0 aromatic carbocycles. The van der Waals surface area contributed by atoms with Crippen LogP contribution < -0.4 is 17.0 Å². The van der Waals surface area contributed by atoms with Crippen LogP contribution in [0.25, 0.3) is 0 Å². The molecule has 1 aromatic rings. The van der Waals surface area contributed by atoms with Gasteiger partial charge < -0.3 is 10.7 Å². The number of aromatic amines is 2. The molecule has 1 rings (SSSR count). The lowest BCUT2D eigenvalue weighted by Crippen LogP contribution is -2.30. The lowest BCUT2D eigenvalue weighted by Gasteiger charge is -2.06.